The fraction of sp³-hybridized carbons (Fsp3) is 0.562. The van der Waals surface area contributed by atoms with E-state index in [1.807, 2.05) is 11.0 Å². The molecule has 114 valence electrons. The minimum Gasteiger partial charge on any atom is -0.370 e. The van der Waals surface area contributed by atoms with E-state index in [9.17, 15) is 9.18 Å². The van der Waals surface area contributed by atoms with Gasteiger partial charge in [0.1, 0.15) is 11.9 Å². The number of carbonyl (C=O) groups is 1. The largest absolute Gasteiger partial charge is 0.370 e. The molecule has 2 saturated heterocycles. The van der Waals surface area contributed by atoms with Crippen molar-refractivity contribution in [2.75, 3.05) is 26.2 Å². The Morgan fingerprint density at radius 2 is 2.33 bits per heavy atom. The van der Waals surface area contributed by atoms with Crippen LogP contribution in [-0.4, -0.2) is 43.1 Å². The van der Waals surface area contributed by atoms with Gasteiger partial charge in [0.15, 0.2) is 0 Å². The first kappa shape index (κ1) is 14.5. The molecule has 0 aromatic heterocycles. The lowest BCUT2D eigenvalue weighted by Gasteiger charge is -2.34. The van der Waals surface area contributed by atoms with Gasteiger partial charge in [-0.3, -0.25) is 4.79 Å². The van der Waals surface area contributed by atoms with Gasteiger partial charge < -0.3 is 15.0 Å². The Balaban J connectivity index is 1.70. The molecule has 1 amide bonds. The summed E-state index contributed by atoms with van der Waals surface area (Å²) < 4.78 is 19.1. The highest BCUT2D eigenvalue weighted by molar-refractivity contribution is 5.82. The number of amides is 1. The maximum atomic E-state index is 13.4. The number of benzene rings is 1. The van der Waals surface area contributed by atoms with Crippen LogP contribution < -0.4 is 5.32 Å². The number of rotatable bonds is 2. The number of morpholine rings is 1. The summed E-state index contributed by atoms with van der Waals surface area (Å²) in [4.78, 5) is 14.3. The zero-order valence-electron chi connectivity index (χ0n) is 12.3. The van der Waals surface area contributed by atoms with Crippen molar-refractivity contribution in [2.24, 2.45) is 0 Å². The number of carbonyl (C=O) groups excluding carboxylic acids is 1. The highest BCUT2D eigenvalue weighted by atomic mass is 19.1. The van der Waals surface area contributed by atoms with Crippen LogP contribution in [-0.2, 0) is 9.53 Å². The SMILES string of the molecule is Cc1cc([C@H]2CN(C(=O)[C@H]3CCCN3)CCO2)ccc1F. The Bertz CT molecular complexity index is 529. The third-order valence-corrected chi connectivity index (χ3v) is 4.29. The van der Waals surface area contributed by atoms with E-state index < -0.39 is 0 Å². The van der Waals surface area contributed by atoms with E-state index in [2.05, 4.69) is 5.32 Å². The van der Waals surface area contributed by atoms with Crippen LogP contribution in [0.2, 0.25) is 0 Å². The first-order valence-corrected chi connectivity index (χ1v) is 7.55. The molecule has 1 aromatic rings. The molecular formula is C16H21FN2O2. The minimum atomic E-state index is -0.211. The van der Waals surface area contributed by atoms with Crippen molar-refractivity contribution in [2.45, 2.75) is 31.9 Å². The van der Waals surface area contributed by atoms with E-state index in [1.165, 1.54) is 6.07 Å². The maximum absolute atomic E-state index is 13.4. The number of nitrogens with one attached hydrogen (secondary N) is 1. The van der Waals surface area contributed by atoms with Crippen LogP contribution in [0, 0.1) is 12.7 Å². The Hall–Kier alpha value is -1.46. The average Bonchev–Trinajstić information content (AvgIpc) is 3.04. The van der Waals surface area contributed by atoms with Gasteiger partial charge in [-0.05, 0) is 43.5 Å². The van der Waals surface area contributed by atoms with Crippen molar-refractivity contribution >= 4 is 5.91 Å². The molecule has 21 heavy (non-hydrogen) atoms. The Labute approximate surface area is 124 Å². The molecule has 0 radical (unpaired) electrons. The highest BCUT2D eigenvalue weighted by Gasteiger charge is 2.31. The van der Waals surface area contributed by atoms with Gasteiger partial charge in [-0.1, -0.05) is 12.1 Å². The lowest BCUT2D eigenvalue weighted by atomic mass is 10.0. The predicted molar refractivity (Wildman–Crippen MR) is 77.4 cm³/mol. The lowest BCUT2D eigenvalue weighted by Crippen LogP contribution is -2.49. The Morgan fingerprint density at radius 3 is 3.05 bits per heavy atom. The summed E-state index contributed by atoms with van der Waals surface area (Å²) in [5.41, 5.74) is 1.54. The van der Waals surface area contributed by atoms with Gasteiger partial charge in [-0.15, -0.1) is 0 Å². The summed E-state index contributed by atoms with van der Waals surface area (Å²) in [5.74, 6) is -0.0442. The number of aryl methyl sites for hydroxylation is 1. The molecule has 2 atom stereocenters. The fourth-order valence-electron chi connectivity index (χ4n) is 3.03. The van der Waals surface area contributed by atoms with Gasteiger partial charge in [0, 0.05) is 6.54 Å². The van der Waals surface area contributed by atoms with E-state index in [-0.39, 0.29) is 23.9 Å². The van der Waals surface area contributed by atoms with Gasteiger partial charge in [-0.2, -0.15) is 0 Å². The van der Waals surface area contributed by atoms with Crippen LogP contribution in [0.15, 0.2) is 18.2 Å². The van der Waals surface area contributed by atoms with Crippen LogP contribution in [0.4, 0.5) is 4.39 Å². The second-order valence-corrected chi connectivity index (χ2v) is 5.80. The van der Waals surface area contributed by atoms with Crippen LogP contribution in [0.5, 0.6) is 0 Å². The van der Waals surface area contributed by atoms with E-state index in [0.29, 0.717) is 25.3 Å². The van der Waals surface area contributed by atoms with E-state index >= 15 is 0 Å². The number of halogens is 1. The first-order valence-electron chi connectivity index (χ1n) is 7.55. The van der Waals surface area contributed by atoms with Crippen LogP contribution in [0.1, 0.15) is 30.1 Å². The van der Waals surface area contributed by atoms with Crippen molar-refractivity contribution in [1.29, 1.82) is 0 Å². The first-order chi connectivity index (χ1) is 10.1. The molecule has 2 aliphatic rings. The summed E-state index contributed by atoms with van der Waals surface area (Å²) in [6.07, 6.45) is 1.81. The monoisotopic (exact) mass is 292 g/mol. The average molecular weight is 292 g/mol. The molecule has 0 bridgehead atoms. The molecule has 0 unspecified atom stereocenters. The van der Waals surface area contributed by atoms with Crippen molar-refractivity contribution in [1.82, 2.24) is 10.2 Å². The highest BCUT2D eigenvalue weighted by Crippen LogP contribution is 2.25. The van der Waals surface area contributed by atoms with Gasteiger partial charge in [0.2, 0.25) is 5.91 Å². The van der Waals surface area contributed by atoms with E-state index in [4.69, 9.17) is 4.74 Å². The molecule has 0 aliphatic carbocycles. The van der Waals surface area contributed by atoms with Crippen molar-refractivity contribution < 1.29 is 13.9 Å². The zero-order valence-corrected chi connectivity index (χ0v) is 12.3. The van der Waals surface area contributed by atoms with Crippen LogP contribution in [0.3, 0.4) is 0 Å². The molecule has 3 rings (SSSR count). The van der Waals surface area contributed by atoms with E-state index in [0.717, 1.165) is 24.9 Å². The quantitative estimate of drug-likeness (QED) is 0.903. The summed E-state index contributed by atoms with van der Waals surface area (Å²) in [6.45, 7) is 4.36. The van der Waals surface area contributed by atoms with Crippen LogP contribution in [0.25, 0.3) is 0 Å². The molecular weight excluding hydrogens is 271 g/mol. The Kier molecular flexibility index (Phi) is 4.22. The molecule has 5 heteroatoms. The minimum absolute atomic E-state index is 0.0429. The number of ether oxygens (including phenoxy) is 1. The molecule has 0 saturated carbocycles. The topological polar surface area (TPSA) is 41.6 Å². The van der Waals surface area contributed by atoms with E-state index in [1.54, 1.807) is 13.0 Å². The normalized spacial score (nSPS) is 26.1. The molecule has 1 aromatic carbocycles. The third kappa shape index (κ3) is 3.09. The number of nitrogens with zero attached hydrogens (tertiary/aromatic N) is 1. The van der Waals surface area contributed by atoms with Gasteiger partial charge in [0.05, 0.1) is 19.2 Å². The van der Waals surface area contributed by atoms with Crippen molar-refractivity contribution in [3.05, 3.63) is 35.1 Å². The van der Waals surface area contributed by atoms with Gasteiger partial charge in [0.25, 0.3) is 0 Å². The zero-order chi connectivity index (χ0) is 14.8. The second-order valence-electron chi connectivity index (χ2n) is 5.80. The van der Waals surface area contributed by atoms with Crippen LogP contribution >= 0.6 is 0 Å². The molecule has 0 spiro atoms. The summed E-state index contributed by atoms with van der Waals surface area (Å²) in [5, 5.41) is 3.24. The molecule has 2 aliphatic heterocycles. The van der Waals surface area contributed by atoms with Crippen molar-refractivity contribution in [3.8, 4) is 0 Å². The maximum Gasteiger partial charge on any atom is 0.239 e. The Morgan fingerprint density at radius 1 is 1.48 bits per heavy atom. The molecule has 2 fully saturated rings. The smallest absolute Gasteiger partial charge is 0.239 e. The predicted octanol–water partition coefficient (Wildman–Crippen LogP) is 1.79. The molecule has 1 N–H and O–H groups in total. The number of hydrogen-bond acceptors (Lipinski definition) is 3. The summed E-state index contributed by atoms with van der Waals surface area (Å²) >= 11 is 0. The standard InChI is InChI=1S/C16H21FN2O2/c1-11-9-12(4-5-13(11)17)15-10-19(7-8-21-15)16(20)14-3-2-6-18-14/h4-5,9,14-15,18H,2-3,6-8,10H2,1H3/t14-,15-/m1/s1. The summed E-state index contributed by atoms with van der Waals surface area (Å²) in [7, 11) is 0. The molecule has 2 heterocycles. The molecule has 4 nitrogen and oxygen atoms in total. The van der Waals surface area contributed by atoms with Gasteiger partial charge in [-0.25, -0.2) is 4.39 Å². The third-order valence-electron chi connectivity index (χ3n) is 4.29. The second kappa shape index (κ2) is 6.12. The number of hydrogen-bond donors (Lipinski definition) is 1. The lowest BCUT2D eigenvalue weighted by molar-refractivity contribution is -0.140. The fourth-order valence-corrected chi connectivity index (χ4v) is 3.03. The van der Waals surface area contributed by atoms with Gasteiger partial charge >= 0.3 is 0 Å². The summed E-state index contributed by atoms with van der Waals surface area (Å²) in [6, 6.07) is 4.97. The van der Waals surface area contributed by atoms with Crippen molar-refractivity contribution in [3.63, 3.8) is 0 Å².